The first kappa shape index (κ1) is 16.1. The van der Waals surface area contributed by atoms with E-state index in [2.05, 4.69) is 27.2 Å². The molecule has 7 nitrogen and oxygen atoms in total. The number of aromatic nitrogens is 3. The molecular weight excluding hydrogens is 316 g/mol. The topological polar surface area (TPSA) is 66.3 Å². The summed E-state index contributed by atoms with van der Waals surface area (Å²) >= 11 is 0. The van der Waals surface area contributed by atoms with Crippen molar-refractivity contribution < 1.29 is 4.79 Å². The van der Waals surface area contributed by atoms with E-state index >= 15 is 0 Å². The third-order valence-electron chi connectivity index (χ3n) is 5.58. The first-order valence-corrected chi connectivity index (χ1v) is 8.84. The number of carbonyl (C=O) groups excluding carboxylic acids is 1. The molecule has 25 heavy (non-hydrogen) atoms. The molecule has 0 unspecified atom stereocenters. The molecule has 0 aliphatic carbocycles. The molecule has 2 aromatic heterocycles. The van der Waals surface area contributed by atoms with Crippen LogP contribution in [0.4, 0.5) is 4.79 Å². The fourth-order valence-electron chi connectivity index (χ4n) is 3.86. The Morgan fingerprint density at radius 2 is 2.04 bits per heavy atom. The molecule has 0 atom stereocenters. The van der Waals surface area contributed by atoms with Crippen molar-refractivity contribution in [2.24, 2.45) is 0 Å². The van der Waals surface area contributed by atoms with Crippen molar-refractivity contribution in [3.63, 3.8) is 0 Å². The highest BCUT2D eigenvalue weighted by molar-refractivity contribution is 5.76. The standard InChI is InChI=1S/C18H24N6O/c1-22-9-4-18(5-10-22)6-11-24(18)17(25)21-13-15-3-2-7-20-16(15)23-12-8-19-14-23/h2-3,7-8,12,14H,4-6,9-11,13H2,1H3,(H,21,25). The fourth-order valence-corrected chi connectivity index (χ4v) is 3.86. The minimum atomic E-state index is 0.0382. The number of imidazole rings is 1. The number of nitrogens with zero attached hydrogens (tertiary/aromatic N) is 5. The van der Waals surface area contributed by atoms with Crippen LogP contribution in [0.25, 0.3) is 5.82 Å². The lowest BCUT2D eigenvalue weighted by molar-refractivity contribution is -0.0211. The molecule has 7 heteroatoms. The molecule has 0 radical (unpaired) electrons. The van der Waals surface area contributed by atoms with Crippen LogP contribution in [-0.4, -0.2) is 62.6 Å². The van der Waals surface area contributed by atoms with Gasteiger partial charge in [-0.05, 0) is 32.4 Å². The number of pyridine rings is 1. The molecule has 2 saturated heterocycles. The van der Waals surface area contributed by atoms with Gasteiger partial charge in [0.25, 0.3) is 0 Å². The van der Waals surface area contributed by atoms with Crippen LogP contribution in [0.15, 0.2) is 37.1 Å². The van der Waals surface area contributed by atoms with Crippen LogP contribution in [0.1, 0.15) is 24.8 Å². The van der Waals surface area contributed by atoms with Gasteiger partial charge in [-0.15, -0.1) is 0 Å². The molecule has 0 saturated carbocycles. The van der Waals surface area contributed by atoms with Crippen molar-refractivity contribution in [1.82, 2.24) is 29.7 Å². The Labute approximate surface area is 147 Å². The summed E-state index contributed by atoms with van der Waals surface area (Å²) in [5.41, 5.74) is 1.06. The largest absolute Gasteiger partial charge is 0.334 e. The third kappa shape index (κ3) is 3.00. The summed E-state index contributed by atoms with van der Waals surface area (Å²) in [6.45, 7) is 3.46. The lowest BCUT2D eigenvalue weighted by Gasteiger charge is -2.56. The summed E-state index contributed by atoms with van der Waals surface area (Å²) in [6, 6.07) is 3.92. The van der Waals surface area contributed by atoms with E-state index in [4.69, 9.17) is 0 Å². The van der Waals surface area contributed by atoms with Gasteiger partial charge >= 0.3 is 6.03 Å². The van der Waals surface area contributed by atoms with Gasteiger partial charge in [-0.2, -0.15) is 0 Å². The molecule has 4 heterocycles. The number of likely N-dealkylation sites (tertiary alicyclic amines) is 2. The van der Waals surface area contributed by atoms with Gasteiger partial charge in [0.15, 0.2) is 0 Å². The van der Waals surface area contributed by atoms with E-state index in [-0.39, 0.29) is 11.6 Å². The Morgan fingerprint density at radius 1 is 1.24 bits per heavy atom. The number of carbonyl (C=O) groups is 1. The summed E-state index contributed by atoms with van der Waals surface area (Å²) in [5, 5.41) is 3.09. The Hall–Kier alpha value is -2.41. The SMILES string of the molecule is CN1CCC2(CC1)CCN2C(=O)NCc1cccnc1-n1ccnc1. The number of hydrogen-bond acceptors (Lipinski definition) is 4. The molecular formula is C18H24N6O. The van der Waals surface area contributed by atoms with Gasteiger partial charge in [0, 0.05) is 55.9 Å². The fraction of sp³-hybridized carbons (Fsp3) is 0.500. The highest BCUT2D eigenvalue weighted by Gasteiger charge is 2.48. The summed E-state index contributed by atoms with van der Waals surface area (Å²) in [7, 11) is 2.15. The number of hydrogen-bond donors (Lipinski definition) is 1. The molecule has 4 rings (SSSR count). The van der Waals surface area contributed by atoms with E-state index in [0.717, 1.165) is 50.3 Å². The van der Waals surface area contributed by atoms with Crippen molar-refractivity contribution in [2.75, 3.05) is 26.7 Å². The highest BCUT2D eigenvalue weighted by atomic mass is 16.2. The highest BCUT2D eigenvalue weighted by Crippen LogP contribution is 2.39. The van der Waals surface area contributed by atoms with Crippen molar-refractivity contribution >= 4 is 6.03 Å². The number of rotatable bonds is 3. The molecule has 1 N–H and O–H groups in total. The third-order valence-corrected chi connectivity index (χ3v) is 5.58. The molecule has 0 aromatic carbocycles. The maximum Gasteiger partial charge on any atom is 0.318 e. The van der Waals surface area contributed by atoms with Crippen molar-refractivity contribution in [2.45, 2.75) is 31.3 Å². The van der Waals surface area contributed by atoms with Crippen LogP contribution in [0.5, 0.6) is 0 Å². The summed E-state index contributed by atoms with van der Waals surface area (Å²) in [4.78, 5) is 25.6. The van der Waals surface area contributed by atoms with Gasteiger partial charge in [0.2, 0.25) is 0 Å². The van der Waals surface area contributed by atoms with Gasteiger partial charge in [0.1, 0.15) is 12.1 Å². The van der Waals surface area contributed by atoms with Crippen LogP contribution < -0.4 is 5.32 Å². The molecule has 0 bridgehead atoms. The predicted octanol–water partition coefficient (Wildman–Crippen LogP) is 1.65. The second kappa shape index (κ2) is 6.48. The maximum atomic E-state index is 12.7. The van der Waals surface area contributed by atoms with E-state index in [1.165, 1.54) is 0 Å². The van der Waals surface area contributed by atoms with E-state index in [1.54, 1.807) is 18.7 Å². The van der Waals surface area contributed by atoms with Gasteiger partial charge in [-0.1, -0.05) is 6.07 Å². The zero-order valence-corrected chi connectivity index (χ0v) is 14.6. The normalized spacial score (nSPS) is 19.6. The zero-order valence-electron chi connectivity index (χ0n) is 14.6. The van der Waals surface area contributed by atoms with Gasteiger partial charge < -0.3 is 15.1 Å². The Kier molecular flexibility index (Phi) is 4.17. The van der Waals surface area contributed by atoms with Crippen molar-refractivity contribution in [3.05, 3.63) is 42.6 Å². The molecule has 2 aliphatic heterocycles. The van der Waals surface area contributed by atoms with Crippen LogP contribution in [0, 0.1) is 0 Å². The van der Waals surface area contributed by atoms with Gasteiger partial charge in [-0.3, -0.25) is 4.57 Å². The number of urea groups is 1. The van der Waals surface area contributed by atoms with Crippen molar-refractivity contribution in [3.8, 4) is 5.82 Å². The van der Waals surface area contributed by atoms with Crippen LogP contribution in [0.2, 0.25) is 0 Å². The second-order valence-electron chi connectivity index (χ2n) is 7.04. The summed E-state index contributed by atoms with van der Waals surface area (Å²) < 4.78 is 1.86. The molecule has 2 aromatic rings. The van der Waals surface area contributed by atoms with E-state index in [1.807, 2.05) is 27.8 Å². The minimum Gasteiger partial charge on any atom is -0.334 e. The molecule has 132 valence electrons. The Balaban J connectivity index is 1.42. The number of amides is 2. The zero-order chi connectivity index (χ0) is 17.3. The summed E-state index contributed by atoms with van der Waals surface area (Å²) in [5.74, 6) is 0.804. The lowest BCUT2D eigenvalue weighted by Crippen LogP contribution is -2.67. The van der Waals surface area contributed by atoms with Crippen LogP contribution in [-0.2, 0) is 6.54 Å². The lowest BCUT2D eigenvalue weighted by atomic mass is 9.77. The predicted molar refractivity (Wildman–Crippen MR) is 94.4 cm³/mol. The van der Waals surface area contributed by atoms with Crippen molar-refractivity contribution in [1.29, 1.82) is 0 Å². The van der Waals surface area contributed by atoms with Crippen LogP contribution >= 0.6 is 0 Å². The molecule has 2 amide bonds. The molecule has 1 spiro atoms. The van der Waals surface area contributed by atoms with E-state index in [0.29, 0.717) is 6.54 Å². The maximum absolute atomic E-state index is 12.7. The average molecular weight is 340 g/mol. The van der Waals surface area contributed by atoms with Gasteiger partial charge in [0.05, 0.1) is 0 Å². The molecule has 2 fully saturated rings. The van der Waals surface area contributed by atoms with E-state index in [9.17, 15) is 4.79 Å². The quantitative estimate of drug-likeness (QED) is 0.923. The summed E-state index contributed by atoms with van der Waals surface area (Å²) in [6.07, 6.45) is 10.3. The number of nitrogens with one attached hydrogen (secondary N) is 1. The minimum absolute atomic E-state index is 0.0382. The Bertz CT molecular complexity index is 736. The van der Waals surface area contributed by atoms with Gasteiger partial charge in [-0.25, -0.2) is 14.8 Å². The second-order valence-corrected chi connectivity index (χ2v) is 7.04. The Morgan fingerprint density at radius 3 is 2.72 bits per heavy atom. The van der Waals surface area contributed by atoms with E-state index < -0.39 is 0 Å². The average Bonchev–Trinajstić information content (AvgIpc) is 3.14. The monoisotopic (exact) mass is 340 g/mol. The molecule has 2 aliphatic rings. The first-order chi connectivity index (χ1) is 12.2. The van der Waals surface area contributed by atoms with Crippen LogP contribution in [0.3, 0.4) is 0 Å². The first-order valence-electron chi connectivity index (χ1n) is 8.84. The number of piperidine rings is 1. The smallest absolute Gasteiger partial charge is 0.318 e.